The smallest absolute Gasteiger partial charge is 0.268 e. The van der Waals surface area contributed by atoms with Crippen molar-refractivity contribution in [3.8, 4) is 0 Å². The minimum absolute atomic E-state index is 0.00399. The monoisotopic (exact) mass is 853 g/mol. The van der Waals surface area contributed by atoms with Crippen molar-refractivity contribution in [3.05, 3.63) is 36.5 Å². The molecule has 0 aliphatic rings. The Morgan fingerprint density at radius 3 is 1.47 bits per heavy atom. The van der Waals surface area contributed by atoms with E-state index in [-0.39, 0.29) is 19.1 Å². The summed E-state index contributed by atoms with van der Waals surface area (Å²) in [6.07, 6.45) is 52.1. The first-order valence-electron chi connectivity index (χ1n) is 24.9. The number of amides is 1. The van der Waals surface area contributed by atoms with E-state index in [0.717, 1.165) is 70.6 Å². The molecule has 0 aromatic rings. The first-order valence-corrected chi connectivity index (χ1v) is 26.3. The number of phosphoric acid groups is 1. The van der Waals surface area contributed by atoms with Crippen LogP contribution in [0.1, 0.15) is 226 Å². The largest absolute Gasteiger partial charge is 0.756 e. The molecule has 0 aromatic heterocycles. The Hall–Kier alpha value is -1.28. The summed E-state index contributed by atoms with van der Waals surface area (Å²) in [5, 5.41) is 13.8. The molecule has 0 aromatic carbocycles. The third-order valence-corrected chi connectivity index (χ3v) is 12.0. The zero-order chi connectivity index (χ0) is 43.6. The van der Waals surface area contributed by atoms with E-state index >= 15 is 0 Å². The number of hydrogen-bond acceptors (Lipinski definition) is 6. The average Bonchev–Trinajstić information content (AvgIpc) is 3.19. The summed E-state index contributed by atoms with van der Waals surface area (Å²) in [4.78, 5) is 25.3. The highest BCUT2D eigenvalue weighted by molar-refractivity contribution is 7.45. The number of rotatable bonds is 45. The van der Waals surface area contributed by atoms with Crippen molar-refractivity contribution in [1.29, 1.82) is 0 Å². The van der Waals surface area contributed by atoms with Crippen LogP contribution in [0, 0.1) is 0 Å². The van der Waals surface area contributed by atoms with Crippen LogP contribution < -0.4 is 10.2 Å². The molecular formula is C50H97N2O6P. The lowest BCUT2D eigenvalue weighted by molar-refractivity contribution is -0.870. The standard InChI is InChI=1S/C50H97N2O6P/c1-6-8-10-12-14-16-18-20-21-22-23-24-25-26-27-28-29-30-32-33-35-37-39-41-43-49(53)48(47-58-59(55,56)57-46-45-52(3,4)5)51-50(54)44-42-40-38-36-34-31-19-17-15-13-11-9-7-2/h11,13,17,19,41,43,48-49,53H,6-10,12,14-16,18,20-40,42,44-47H2,1-5H3,(H-,51,54,55,56)/b13-11-,19-17-,43-41+. The number of aliphatic hydroxyl groups is 1. The fourth-order valence-corrected chi connectivity index (χ4v) is 7.86. The molecule has 2 N–H and O–H groups in total. The quantitative estimate of drug-likeness (QED) is 0.0273. The molecule has 0 saturated carbocycles. The van der Waals surface area contributed by atoms with E-state index < -0.39 is 20.0 Å². The Morgan fingerprint density at radius 1 is 0.593 bits per heavy atom. The summed E-state index contributed by atoms with van der Waals surface area (Å²) < 4.78 is 23.2. The topological polar surface area (TPSA) is 108 Å². The lowest BCUT2D eigenvalue weighted by atomic mass is 10.0. The predicted octanol–water partition coefficient (Wildman–Crippen LogP) is 13.6. The SMILES string of the molecule is CCC/C=C\C/C=C\CCCCCCCC(=O)NC(COP(=O)([O-])OCC[N+](C)(C)C)C(O)/C=C/CCCCCCCCCCCCCCCCCCCCCCCC. The molecule has 0 radical (unpaired) electrons. The number of likely N-dealkylation sites (N-methyl/N-ethyl adjacent to an activating group) is 1. The second kappa shape index (κ2) is 42.0. The van der Waals surface area contributed by atoms with E-state index in [2.05, 4.69) is 43.5 Å². The molecule has 0 saturated heterocycles. The highest BCUT2D eigenvalue weighted by Crippen LogP contribution is 2.38. The van der Waals surface area contributed by atoms with E-state index in [1.54, 1.807) is 6.08 Å². The van der Waals surface area contributed by atoms with Gasteiger partial charge in [0.2, 0.25) is 5.91 Å². The summed E-state index contributed by atoms with van der Waals surface area (Å²) in [7, 11) is 1.25. The Morgan fingerprint density at radius 2 is 1.02 bits per heavy atom. The molecule has 0 spiro atoms. The minimum atomic E-state index is -4.59. The van der Waals surface area contributed by atoms with Gasteiger partial charge >= 0.3 is 0 Å². The van der Waals surface area contributed by atoms with Crippen molar-refractivity contribution in [2.45, 2.75) is 238 Å². The molecule has 0 aliphatic heterocycles. The fourth-order valence-electron chi connectivity index (χ4n) is 7.13. The maximum atomic E-state index is 12.9. The lowest BCUT2D eigenvalue weighted by Crippen LogP contribution is -2.45. The molecule has 3 atom stereocenters. The first kappa shape index (κ1) is 57.7. The third-order valence-electron chi connectivity index (χ3n) is 11.1. The van der Waals surface area contributed by atoms with Gasteiger partial charge in [-0.2, -0.15) is 0 Å². The highest BCUT2D eigenvalue weighted by atomic mass is 31.2. The predicted molar refractivity (Wildman–Crippen MR) is 251 cm³/mol. The van der Waals surface area contributed by atoms with Crippen LogP contribution in [0.4, 0.5) is 0 Å². The molecule has 9 heteroatoms. The molecule has 0 heterocycles. The van der Waals surface area contributed by atoms with Crippen LogP contribution in [0.15, 0.2) is 36.5 Å². The van der Waals surface area contributed by atoms with Gasteiger partial charge in [-0.15, -0.1) is 0 Å². The van der Waals surface area contributed by atoms with E-state index in [1.807, 2.05) is 27.2 Å². The van der Waals surface area contributed by atoms with Crippen molar-refractivity contribution in [3.63, 3.8) is 0 Å². The van der Waals surface area contributed by atoms with E-state index in [9.17, 15) is 19.4 Å². The van der Waals surface area contributed by atoms with Gasteiger partial charge in [0.05, 0.1) is 39.9 Å². The van der Waals surface area contributed by atoms with Gasteiger partial charge in [-0.05, 0) is 44.9 Å². The van der Waals surface area contributed by atoms with Gasteiger partial charge in [0.15, 0.2) is 0 Å². The fraction of sp³-hybridized carbons (Fsp3) is 0.860. The third kappa shape index (κ3) is 44.6. The number of phosphoric ester groups is 1. The van der Waals surface area contributed by atoms with Crippen LogP contribution in [0.5, 0.6) is 0 Å². The van der Waals surface area contributed by atoms with E-state index in [1.165, 1.54) is 135 Å². The number of nitrogens with zero attached hydrogens (tertiary/aromatic N) is 1. The summed E-state index contributed by atoms with van der Waals surface area (Å²) in [5.74, 6) is -0.212. The molecule has 59 heavy (non-hydrogen) atoms. The molecule has 0 rings (SSSR count). The molecule has 0 bridgehead atoms. The number of carbonyl (C=O) groups excluding carboxylic acids is 1. The molecule has 3 unspecified atom stereocenters. The van der Waals surface area contributed by atoms with Crippen LogP contribution in [0.2, 0.25) is 0 Å². The van der Waals surface area contributed by atoms with Gasteiger partial charge < -0.3 is 28.8 Å². The van der Waals surface area contributed by atoms with E-state index in [0.29, 0.717) is 17.4 Å². The number of unbranched alkanes of at least 4 members (excludes halogenated alkanes) is 28. The molecular weight excluding hydrogens is 756 g/mol. The van der Waals surface area contributed by atoms with E-state index in [4.69, 9.17) is 9.05 Å². The number of carbonyl (C=O) groups is 1. The van der Waals surface area contributed by atoms with Gasteiger partial charge in [0.25, 0.3) is 7.82 Å². The Kier molecular flexibility index (Phi) is 41.1. The van der Waals surface area contributed by atoms with Crippen LogP contribution in [0.25, 0.3) is 0 Å². The van der Waals surface area contributed by atoms with Gasteiger partial charge in [0, 0.05) is 6.42 Å². The first-order chi connectivity index (χ1) is 28.5. The van der Waals surface area contributed by atoms with Crippen molar-refractivity contribution >= 4 is 13.7 Å². The zero-order valence-corrected chi connectivity index (χ0v) is 40.4. The second-order valence-corrected chi connectivity index (χ2v) is 19.6. The number of quaternary nitrogens is 1. The normalized spacial score (nSPS) is 14.5. The van der Waals surface area contributed by atoms with Crippen LogP contribution in [-0.4, -0.2) is 68.5 Å². The Balaban J connectivity index is 4.26. The Labute approximate surface area is 366 Å². The summed E-state index contributed by atoms with van der Waals surface area (Å²) in [6, 6.07) is -0.892. The van der Waals surface area contributed by atoms with Crippen molar-refractivity contribution < 1.29 is 32.9 Å². The number of allylic oxidation sites excluding steroid dienone is 5. The summed E-state index contributed by atoms with van der Waals surface area (Å²) >= 11 is 0. The van der Waals surface area contributed by atoms with Crippen molar-refractivity contribution in [2.75, 3.05) is 40.9 Å². The molecule has 8 nitrogen and oxygen atoms in total. The Bertz CT molecular complexity index is 1060. The molecule has 0 aliphatic carbocycles. The number of nitrogens with one attached hydrogen (secondary N) is 1. The lowest BCUT2D eigenvalue weighted by Gasteiger charge is -2.29. The van der Waals surface area contributed by atoms with Gasteiger partial charge in [-0.1, -0.05) is 211 Å². The van der Waals surface area contributed by atoms with Gasteiger partial charge in [-0.3, -0.25) is 9.36 Å². The maximum absolute atomic E-state index is 12.9. The van der Waals surface area contributed by atoms with Gasteiger partial charge in [0.1, 0.15) is 13.2 Å². The van der Waals surface area contributed by atoms with Gasteiger partial charge in [-0.25, -0.2) is 0 Å². The molecule has 0 fully saturated rings. The molecule has 348 valence electrons. The summed E-state index contributed by atoms with van der Waals surface area (Å²) in [5.41, 5.74) is 0. The van der Waals surface area contributed by atoms with Crippen molar-refractivity contribution in [2.24, 2.45) is 0 Å². The van der Waals surface area contributed by atoms with Crippen LogP contribution in [-0.2, 0) is 18.4 Å². The van der Waals surface area contributed by atoms with Crippen LogP contribution in [0.3, 0.4) is 0 Å². The van der Waals surface area contributed by atoms with Crippen LogP contribution >= 0.6 is 7.82 Å². The molecule has 1 amide bonds. The minimum Gasteiger partial charge on any atom is -0.756 e. The number of hydrogen-bond donors (Lipinski definition) is 2. The summed E-state index contributed by atoms with van der Waals surface area (Å²) in [6.45, 7) is 4.58. The average molecular weight is 853 g/mol. The number of aliphatic hydroxyl groups excluding tert-OH is 1. The highest BCUT2D eigenvalue weighted by Gasteiger charge is 2.23. The zero-order valence-electron chi connectivity index (χ0n) is 39.5. The maximum Gasteiger partial charge on any atom is 0.268 e. The second-order valence-electron chi connectivity index (χ2n) is 18.2. The van der Waals surface area contributed by atoms with Crippen molar-refractivity contribution in [1.82, 2.24) is 5.32 Å².